The fourth-order valence-electron chi connectivity index (χ4n) is 2.43. The number of benzene rings is 2. The van der Waals surface area contributed by atoms with Crippen molar-refractivity contribution in [2.24, 2.45) is 0 Å². The number of hydrogen-bond acceptors (Lipinski definition) is 3. The molecule has 0 aliphatic rings. The molecule has 0 spiro atoms. The van der Waals surface area contributed by atoms with Crippen LogP contribution in [0.5, 0.6) is 11.5 Å². The fraction of sp³-hybridized carbons (Fsp3) is 0.429. The minimum atomic E-state index is 0.120. The van der Waals surface area contributed by atoms with Crippen molar-refractivity contribution >= 4 is 5.69 Å². The van der Waals surface area contributed by atoms with Crippen molar-refractivity contribution in [1.29, 1.82) is 0 Å². The van der Waals surface area contributed by atoms with Crippen molar-refractivity contribution in [2.45, 2.75) is 46.1 Å². The lowest BCUT2D eigenvalue weighted by molar-refractivity contribution is 0.208. The van der Waals surface area contributed by atoms with Gasteiger partial charge in [0.15, 0.2) is 0 Å². The molecule has 24 heavy (non-hydrogen) atoms. The van der Waals surface area contributed by atoms with E-state index < -0.39 is 0 Å². The fourth-order valence-corrected chi connectivity index (χ4v) is 2.43. The second-order valence-electron chi connectivity index (χ2n) is 5.99. The molecule has 3 heteroatoms. The number of rotatable bonds is 10. The first-order valence-electron chi connectivity index (χ1n) is 8.92. The second kappa shape index (κ2) is 9.86. The minimum Gasteiger partial charge on any atom is -0.491 e. The molecule has 130 valence electrons. The van der Waals surface area contributed by atoms with Gasteiger partial charge in [0.25, 0.3) is 0 Å². The SMILES string of the molecule is CCCCOc1ccccc1NC[C@@H](CC)Oc1ccccc1C. The van der Waals surface area contributed by atoms with Crippen molar-refractivity contribution < 1.29 is 9.47 Å². The molecule has 0 radical (unpaired) electrons. The van der Waals surface area contributed by atoms with Gasteiger partial charge < -0.3 is 14.8 Å². The molecule has 0 unspecified atom stereocenters. The zero-order valence-electron chi connectivity index (χ0n) is 15.0. The van der Waals surface area contributed by atoms with Crippen LogP contribution in [-0.4, -0.2) is 19.3 Å². The van der Waals surface area contributed by atoms with E-state index in [4.69, 9.17) is 9.47 Å². The Bertz CT molecular complexity index is 612. The lowest BCUT2D eigenvalue weighted by atomic mass is 10.2. The third kappa shape index (κ3) is 5.48. The van der Waals surface area contributed by atoms with E-state index in [0.717, 1.165) is 49.6 Å². The molecule has 0 saturated heterocycles. The van der Waals surface area contributed by atoms with Crippen LogP contribution in [0.2, 0.25) is 0 Å². The summed E-state index contributed by atoms with van der Waals surface area (Å²) in [4.78, 5) is 0. The summed E-state index contributed by atoms with van der Waals surface area (Å²) in [5, 5.41) is 3.48. The molecule has 0 fully saturated rings. The van der Waals surface area contributed by atoms with Crippen LogP contribution in [0.3, 0.4) is 0 Å². The van der Waals surface area contributed by atoms with Gasteiger partial charge in [0.1, 0.15) is 17.6 Å². The monoisotopic (exact) mass is 327 g/mol. The van der Waals surface area contributed by atoms with E-state index in [1.54, 1.807) is 0 Å². The van der Waals surface area contributed by atoms with Crippen molar-refractivity contribution in [3.8, 4) is 11.5 Å². The molecule has 0 heterocycles. The summed E-state index contributed by atoms with van der Waals surface area (Å²) in [6.45, 7) is 7.90. The third-order valence-electron chi connectivity index (χ3n) is 4.01. The molecule has 0 aromatic heterocycles. The molecule has 2 rings (SSSR count). The average Bonchev–Trinajstić information content (AvgIpc) is 2.61. The Balaban J connectivity index is 1.94. The standard InChI is InChI=1S/C21H29NO2/c1-4-6-15-23-21-14-10-8-12-19(21)22-16-18(5-2)24-20-13-9-7-11-17(20)3/h7-14,18,22H,4-6,15-16H2,1-3H3/t18-/m1/s1. The highest BCUT2D eigenvalue weighted by molar-refractivity contribution is 5.56. The quantitative estimate of drug-likeness (QED) is 0.589. The van der Waals surface area contributed by atoms with Crippen LogP contribution in [0.4, 0.5) is 5.69 Å². The largest absolute Gasteiger partial charge is 0.491 e. The van der Waals surface area contributed by atoms with E-state index in [1.807, 2.05) is 36.4 Å². The lowest BCUT2D eigenvalue weighted by Crippen LogP contribution is -2.25. The highest BCUT2D eigenvalue weighted by atomic mass is 16.5. The Morgan fingerprint density at radius 2 is 1.67 bits per heavy atom. The molecule has 0 aliphatic carbocycles. The van der Waals surface area contributed by atoms with Crippen molar-refractivity contribution in [2.75, 3.05) is 18.5 Å². The molecule has 0 amide bonds. The van der Waals surface area contributed by atoms with Gasteiger partial charge in [0.2, 0.25) is 0 Å². The van der Waals surface area contributed by atoms with Gasteiger partial charge >= 0.3 is 0 Å². The first kappa shape index (κ1) is 18.2. The molecule has 1 N–H and O–H groups in total. The van der Waals surface area contributed by atoms with E-state index >= 15 is 0 Å². The Hall–Kier alpha value is -2.16. The van der Waals surface area contributed by atoms with Gasteiger partial charge in [-0.3, -0.25) is 0 Å². The van der Waals surface area contributed by atoms with Crippen LogP contribution in [0.1, 0.15) is 38.7 Å². The summed E-state index contributed by atoms with van der Waals surface area (Å²) in [6, 6.07) is 16.3. The first-order chi connectivity index (χ1) is 11.7. The third-order valence-corrected chi connectivity index (χ3v) is 4.01. The molecule has 3 nitrogen and oxygen atoms in total. The van der Waals surface area contributed by atoms with E-state index in [-0.39, 0.29) is 6.10 Å². The zero-order valence-corrected chi connectivity index (χ0v) is 15.0. The number of unbranched alkanes of at least 4 members (excludes halogenated alkanes) is 1. The second-order valence-corrected chi connectivity index (χ2v) is 5.99. The maximum atomic E-state index is 6.15. The average molecular weight is 327 g/mol. The topological polar surface area (TPSA) is 30.5 Å². The number of hydrogen-bond donors (Lipinski definition) is 1. The van der Waals surface area contributed by atoms with Gasteiger partial charge in [-0.25, -0.2) is 0 Å². The van der Waals surface area contributed by atoms with Crippen LogP contribution in [0.25, 0.3) is 0 Å². The number of ether oxygens (including phenoxy) is 2. The van der Waals surface area contributed by atoms with Crippen LogP contribution in [0, 0.1) is 6.92 Å². The smallest absolute Gasteiger partial charge is 0.142 e. The lowest BCUT2D eigenvalue weighted by Gasteiger charge is -2.21. The maximum Gasteiger partial charge on any atom is 0.142 e. The van der Waals surface area contributed by atoms with E-state index in [0.29, 0.717) is 0 Å². The Morgan fingerprint density at radius 1 is 0.958 bits per heavy atom. The van der Waals surface area contributed by atoms with Gasteiger partial charge in [-0.2, -0.15) is 0 Å². The van der Waals surface area contributed by atoms with Gasteiger partial charge in [0, 0.05) is 0 Å². The maximum absolute atomic E-state index is 6.15. The number of aryl methyl sites for hydroxylation is 1. The van der Waals surface area contributed by atoms with Crippen LogP contribution in [-0.2, 0) is 0 Å². The molecule has 0 bridgehead atoms. The van der Waals surface area contributed by atoms with Gasteiger partial charge in [-0.15, -0.1) is 0 Å². The molecule has 2 aromatic carbocycles. The van der Waals surface area contributed by atoms with E-state index in [1.165, 1.54) is 5.56 Å². The summed E-state index contributed by atoms with van der Waals surface area (Å²) >= 11 is 0. The van der Waals surface area contributed by atoms with Crippen LogP contribution >= 0.6 is 0 Å². The summed E-state index contributed by atoms with van der Waals surface area (Å²) in [7, 11) is 0. The van der Waals surface area contributed by atoms with Crippen LogP contribution in [0.15, 0.2) is 48.5 Å². The Labute approximate surface area is 146 Å². The molecular weight excluding hydrogens is 298 g/mol. The molecule has 0 aliphatic heterocycles. The van der Waals surface area contributed by atoms with Gasteiger partial charge in [0.05, 0.1) is 18.8 Å². The summed E-state index contributed by atoms with van der Waals surface area (Å²) in [5.74, 6) is 1.87. The van der Waals surface area contributed by atoms with Gasteiger partial charge in [-0.1, -0.05) is 50.6 Å². The zero-order chi connectivity index (χ0) is 17.2. The highest BCUT2D eigenvalue weighted by Gasteiger charge is 2.11. The minimum absolute atomic E-state index is 0.120. The molecule has 2 aromatic rings. The number of anilines is 1. The van der Waals surface area contributed by atoms with Crippen molar-refractivity contribution in [3.05, 3.63) is 54.1 Å². The summed E-state index contributed by atoms with van der Waals surface area (Å²) < 4.78 is 12.0. The normalized spacial score (nSPS) is 11.8. The van der Waals surface area contributed by atoms with E-state index in [2.05, 4.69) is 38.2 Å². The molecular formula is C21H29NO2. The number of nitrogens with one attached hydrogen (secondary N) is 1. The molecule has 1 atom stereocenters. The summed E-state index contributed by atoms with van der Waals surface area (Å²) in [6.07, 6.45) is 3.27. The predicted octanol–water partition coefficient (Wildman–Crippen LogP) is 5.44. The van der Waals surface area contributed by atoms with E-state index in [9.17, 15) is 0 Å². The molecule has 0 saturated carbocycles. The Morgan fingerprint density at radius 3 is 2.38 bits per heavy atom. The van der Waals surface area contributed by atoms with Gasteiger partial charge in [-0.05, 0) is 43.5 Å². The first-order valence-corrected chi connectivity index (χ1v) is 8.92. The Kier molecular flexibility index (Phi) is 7.47. The van der Waals surface area contributed by atoms with Crippen molar-refractivity contribution in [3.63, 3.8) is 0 Å². The van der Waals surface area contributed by atoms with Crippen molar-refractivity contribution in [1.82, 2.24) is 0 Å². The predicted molar refractivity (Wildman–Crippen MR) is 101 cm³/mol. The van der Waals surface area contributed by atoms with Crippen LogP contribution < -0.4 is 14.8 Å². The summed E-state index contributed by atoms with van der Waals surface area (Å²) in [5.41, 5.74) is 2.19. The highest BCUT2D eigenvalue weighted by Crippen LogP contribution is 2.25. The number of para-hydroxylation sites is 3.